The normalized spacial score (nSPS) is 12.5. The minimum absolute atomic E-state index is 0.0286. The molecule has 0 aliphatic rings. The molecular weight excluding hydrogens is 168 g/mol. The lowest BCUT2D eigenvalue weighted by molar-refractivity contribution is 0.131. The number of rotatable bonds is 4. The molecule has 0 aliphatic heterocycles. The molecule has 0 aliphatic carbocycles. The molecule has 0 bridgehead atoms. The zero-order valence-electron chi connectivity index (χ0n) is 7.60. The molecule has 13 heavy (non-hydrogen) atoms. The van der Waals surface area contributed by atoms with E-state index in [2.05, 4.69) is 0 Å². The largest absolute Gasteiger partial charge is 0.496 e. The number of aliphatic hydroxyl groups is 2. The van der Waals surface area contributed by atoms with Crippen LogP contribution in [0.4, 0.5) is 0 Å². The van der Waals surface area contributed by atoms with Crippen molar-refractivity contribution in [2.45, 2.75) is 12.5 Å². The summed E-state index contributed by atoms with van der Waals surface area (Å²) in [6.45, 7) is -0.0286. The highest BCUT2D eigenvalue weighted by Crippen LogP contribution is 2.26. The van der Waals surface area contributed by atoms with Crippen LogP contribution in [0.2, 0.25) is 0 Å². The van der Waals surface area contributed by atoms with E-state index in [9.17, 15) is 5.11 Å². The Hall–Kier alpha value is -1.06. The molecule has 1 aromatic rings. The molecule has 1 aromatic carbocycles. The van der Waals surface area contributed by atoms with Crippen molar-refractivity contribution < 1.29 is 14.9 Å². The summed E-state index contributed by atoms with van der Waals surface area (Å²) in [6, 6.07) is 7.25. The van der Waals surface area contributed by atoms with Crippen LogP contribution in [0.25, 0.3) is 0 Å². The van der Waals surface area contributed by atoms with E-state index in [-0.39, 0.29) is 6.61 Å². The monoisotopic (exact) mass is 182 g/mol. The summed E-state index contributed by atoms with van der Waals surface area (Å²) in [7, 11) is 1.56. The second-order valence-electron chi connectivity index (χ2n) is 2.77. The van der Waals surface area contributed by atoms with Crippen LogP contribution in [0.3, 0.4) is 0 Å². The SMILES string of the molecule is COc1ccccc1C(O)CCO. The van der Waals surface area contributed by atoms with E-state index in [1.54, 1.807) is 19.2 Å². The predicted molar refractivity (Wildman–Crippen MR) is 49.7 cm³/mol. The van der Waals surface area contributed by atoms with Crippen molar-refractivity contribution in [3.63, 3.8) is 0 Å². The van der Waals surface area contributed by atoms with Crippen molar-refractivity contribution >= 4 is 0 Å². The maximum absolute atomic E-state index is 9.59. The molecule has 0 heterocycles. The molecule has 1 atom stereocenters. The molecule has 0 amide bonds. The van der Waals surface area contributed by atoms with Crippen LogP contribution in [0.15, 0.2) is 24.3 Å². The Morgan fingerprint density at radius 3 is 2.69 bits per heavy atom. The van der Waals surface area contributed by atoms with Crippen molar-refractivity contribution in [2.24, 2.45) is 0 Å². The van der Waals surface area contributed by atoms with Gasteiger partial charge in [0.1, 0.15) is 5.75 Å². The first-order chi connectivity index (χ1) is 6.29. The molecule has 2 N–H and O–H groups in total. The van der Waals surface area contributed by atoms with Gasteiger partial charge in [0.25, 0.3) is 0 Å². The van der Waals surface area contributed by atoms with Crippen LogP contribution < -0.4 is 4.74 Å². The number of hydrogen-bond donors (Lipinski definition) is 2. The second kappa shape index (κ2) is 4.84. The van der Waals surface area contributed by atoms with E-state index in [0.717, 1.165) is 5.56 Å². The third-order valence-corrected chi connectivity index (χ3v) is 1.90. The molecule has 1 unspecified atom stereocenters. The summed E-state index contributed by atoms with van der Waals surface area (Å²) >= 11 is 0. The Labute approximate surface area is 77.6 Å². The van der Waals surface area contributed by atoms with Crippen molar-refractivity contribution in [2.75, 3.05) is 13.7 Å². The molecular formula is C10H14O3. The van der Waals surface area contributed by atoms with Gasteiger partial charge >= 0.3 is 0 Å². The lowest BCUT2D eigenvalue weighted by Crippen LogP contribution is -2.02. The first-order valence-corrected chi connectivity index (χ1v) is 4.21. The van der Waals surface area contributed by atoms with Crippen LogP contribution in [-0.4, -0.2) is 23.9 Å². The van der Waals surface area contributed by atoms with Crippen LogP contribution in [0.1, 0.15) is 18.1 Å². The summed E-state index contributed by atoms with van der Waals surface area (Å²) in [5, 5.41) is 18.3. The topological polar surface area (TPSA) is 49.7 Å². The summed E-state index contributed by atoms with van der Waals surface area (Å²) < 4.78 is 5.07. The molecule has 0 spiro atoms. The fourth-order valence-corrected chi connectivity index (χ4v) is 1.22. The molecule has 3 nitrogen and oxygen atoms in total. The zero-order valence-corrected chi connectivity index (χ0v) is 7.60. The standard InChI is InChI=1S/C10H14O3/c1-13-10-5-3-2-4-8(10)9(12)6-7-11/h2-5,9,11-12H,6-7H2,1H3. The summed E-state index contributed by atoms with van der Waals surface area (Å²) in [5.41, 5.74) is 0.721. The van der Waals surface area contributed by atoms with Gasteiger partial charge in [-0.05, 0) is 6.07 Å². The van der Waals surface area contributed by atoms with Gasteiger partial charge in [0.15, 0.2) is 0 Å². The maximum Gasteiger partial charge on any atom is 0.124 e. The van der Waals surface area contributed by atoms with E-state index in [4.69, 9.17) is 9.84 Å². The van der Waals surface area contributed by atoms with Gasteiger partial charge in [-0.15, -0.1) is 0 Å². The predicted octanol–water partition coefficient (Wildman–Crippen LogP) is 1.11. The zero-order chi connectivity index (χ0) is 9.68. The second-order valence-corrected chi connectivity index (χ2v) is 2.77. The third-order valence-electron chi connectivity index (χ3n) is 1.90. The molecule has 72 valence electrons. The molecule has 0 radical (unpaired) electrons. The van der Waals surface area contributed by atoms with Gasteiger partial charge in [-0.2, -0.15) is 0 Å². The Morgan fingerprint density at radius 1 is 1.38 bits per heavy atom. The summed E-state index contributed by atoms with van der Waals surface area (Å²) in [6.07, 6.45) is -0.318. The molecule has 0 fully saturated rings. The van der Waals surface area contributed by atoms with Crippen molar-refractivity contribution in [3.8, 4) is 5.75 Å². The number of ether oxygens (including phenoxy) is 1. The third kappa shape index (κ3) is 2.44. The minimum atomic E-state index is -0.652. The number of para-hydroxylation sites is 1. The van der Waals surface area contributed by atoms with Crippen molar-refractivity contribution in [1.29, 1.82) is 0 Å². The summed E-state index contributed by atoms with van der Waals surface area (Å²) in [4.78, 5) is 0. The van der Waals surface area contributed by atoms with Crippen LogP contribution >= 0.6 is 0 Å². The first-order valence-electron chi connectivity index (χ1n) is 4.21. The molecule has 1 rings (SSSR count). The maximum atomic E-state index is 9.59. The van der Waals surface area contributed by atoms with Gasteiger partial charge in [0, 0.05) is 18.6 Å². The van der Waals surface area contributed by atoms with Gasteiger partial charge in [-0.25, -0.2) is 0 Å². The number of methoxy groups -OCH3 is 1. The van der Waals surface area contributed by atoms with Gasteiger partial charge in [-0.3, -0.25) is 0 Å². The van der Waals surface area contributed by atoms with Crippen molar-refractivity contribution in [1.82, 2.24) is 0 Å². The van der Waals surface area contributed by atoms with Crippen LogP contribution in [0, 0.1) is 0 Å². The van der Waals surface area contributed by atoms with Gasteiger partial charge in [-0.1, -0.05) is 18.2 Å². The highest BCUT2D eigenvalue weighted by Gasteiger charge is 2.11. The van der Waals surface area contributed by atoms with E-state index < -0.39 is 6.10 Å². The fraction of sp³-hybridized carbons (Fsp3) is 0.400. The number of hydrogen-bond acceptors (Lipinski definition) is 3. The Balaban J connectivity index is 2.85. The molecule has 0 saturated heterocycles. The smallest absolute Gasteiger partial charge is 0.124 e. The average Bonchev–Trinajstić information content (AvgIpc) is 2.18. The van der Waals surface area contributed by atoms with Gasteiger partial charge in [0.05, 0.1) is 13.2 Å². The van der Waals surface area contributed by atoms with E-state index in [1.165, 1.54) is 0 Å². The van der Waals surface area contributed by atoms with Gasteiger partial charge in [0.2, 0.25) is 0 Å². The first kappa shape index (κ1) is 10.0. The summed E-state index contributed by atoms with van der Waals surface area (Å²) in [5.74, 6) is 0.656. The molecule has 0 saturated carbocycles. The highest BCUT2D eigenvalue weighted by molar-refractivity contribution is 5.34. The Bertz CT molecular complexity index is 260. The van der Waals surface area contributed by atoms with Crippen LogP contribution in [-0.2, 0) is 0 Å². The van der Waals surface area contributed by atoms with Crippen molar-refractivity contribution in [3.05, 3.63) is 29.8 Å². The molecule has 0 aromatic heterocycles. The van der Waals surface area contributed by atoms with E-state index in [1.807, 2.05) is 12.1 Å². The lowest BCUT2D eigenvalue weighted by Gasteiger charge is -2.12. The van der Waals surface area contributed by atoms with Crippen LogP contribution in [0.5, 0.6) is 5.75 Å². The molecule has 3 heteroatoms. The Kier molecular flexibility index (Phi) is 3.73. The minimum Gasteiger partial charge on any atom is -0.496 e. The Morgan fingerprint density at radius 2 is 2.08 bits per heavy atom. The van der Waals surface area contributed by atoms with E-state index >= 15 is 0 Å². The number of benzene rings is 1. The quantitative estimate of drug-likeness (QED) is 0.733. The van der Waals surface area contributed by atoms with Gasteiger partial charge < -0.3 is 14.9 Å². The average molecular weight is 182 g/mol. The number of aliphatic hydroxyl groups excluding tert-OH is 2. The fourth-order valence-electron chi connectivity index (χ4n) is 1.22. The highest BCUT2D eigenvalue weighted by atomic mass is 16.5. The lowest BCUT2D eigenvalue weighted by atomic mass is 10.1. The van der Waals surface area contributed by atoms with E-state index in [0.29, 0.717) is 12.2 Å².